The smallest absolute Gasteiger partial charge is 0 e. The van der Waals surface area contributed by atoms with Crippen LogP contribution in [-0.4, -0.2) is 0 Å². The molecule has 0 fully saturated rings. The first-order valence-electron chi connectivity index (χ1n) is 9.19. The molecule has 0 aliphatic heterocycles. The van der Waals surface area contributed by atoms with Gasteiger partial charge >= 0.3 is 0 Å². The summed E-state index contributed by atoms with van der Waals surface area (Å²) in [5.41, 5.74) is 9.44. The molecule has 0 aliphatic rings. The van der Waals surface area contributed by atoms with Crippen molar-refractivity contribution in [3.05, 3.63) is 57.6 Å². The van der Waals surface area contributed by atoms with Gasteiger partial charge in [-0.15, -0.1) is 0 Å². The Hall–Kier alpha value is -0.781. The average molecular weight is 354 g/mol. The molecule has 2 rings (SSSR count). The van der Waals surface area contributed by atoms with Crippen LogP contribution in [0, 0.1) is 0 Å². The summed E-state index contributed by atoms with van der Waals surface area (Å²) in [5.74, 6) is 0. The van der Waals surface area contributed by atoms with E-state index < -0.39 is 0 Å². The topological polar surface area (TPSA) is 0 Å². The molecule has 0 saturated carbocycles. The van der Waals surface area contributed by atoms with Gasteiger partial charge in [0.1, 0.15) is 0 Å². The Morgan fingerprint density at radius 3 is 1.61 bits per heavy atom. The molecule has 0 heterocycles. The average Bonchev–Trinajstić information content (AvgIpc) is 3.17. The van der Waals surface area contributed by atoms with Crippen LogP contribution in [0.5, 0.6) is 0 Å². The summed E-state index contributed by atoms with van der Waals surface area (Å²) in [5, 5.41) is 0. The first kappa shape index (κ1) is 22.2. The van der Waals surface area contributed by atoms with Crippen molar-refractivity contribution < 1.29 is 17.1 Å². The van der Waals surface area contributed by atoms with Crippen molar-refractivity contribution in [1.29, 1.82) is 0 Å². The first-order valence-corrected chi connectivity index (χ1v) is 9.19. The SMILES string of the molecule is CC[c-]1[cH-][c-](CC)[c-](CC)[c-]1CC.CCc1ccc[c-]1CC.[Fe]. The van der Waals surface area contributed by atoms with E-state index in [0.29, 0.717) is 0 Å². The van der Waals surface area contributed by atoms with Crippen LogP contribution in [0.3, 0.4) is 0 Å². The van der Waals surface area contributed by atoms with E-state index in [1.54, 1.807) is 22.3 Å². The predicted molar refractivity (Wildman–Crippen MR) is 100 cm³/mol. The van der Waals surface area contributed by atoms with Gasteiger partial charge in [0.05, 0.1) is 0 Å². The Morgan fingerprint density at radius 2 is 1.30 bits per heavy atom. The third-order valence-corrected chi connectivity index (χ3v) is 4.73. The third kappa shape index (κ3) is 5.66. The maximum Gasteiger partial charge on any atom is 0 e. The van der Waals surface area contributed by atoms with Gasteiger partial charge in [-0.05, 0) is 0 Å². The molecule has 0 amide bonds. The normalized spacial score (nSPS) is 10.0. The standard InChI is InChI=1S/C13H21.C9H13.Fe/c1-5-10-9-11(6-2)13(8-4)12(10)7-3;1-3-8-6-5-7-9(8)4-2;/h9H,5-8H2,1-4H3;5-7H,3-4H2,1-2H3;/q-5;-1;. The molecule has 0 N–H and O–H groups in total. The molecule has 1 heteroatoms. The van der Waals surface area contributed by atoms with Gasteiger partial charge in [0, 0.05) is 17.1 Å². The fourth-order valence-corrected chi connectivity index (χ4v) is 3.47. The van der Waals surface area contributed by atoms with Crippen molar-refractivity contribution in [2.24, 2.45) is 0 Å². The molecular weight excluding hydrogens is 320 g/mol. The maximum atomic E-state index is 2.41. The van der Waals surface area contributed by atoms with Crippen LogP contribution in [0.4, 0.5) is 0 Å². The van der Waals surface area contributed by atoms with Crippen LogP contribution in [0.15, 0.2) is 24.3 Å². The van der Waals surface area contributed by atoms with E-state index in [1.807, 2.05) is 0 Å². The molecular formula is C22H34Fe-6. The zero-order valence-electron chi connectivity index (χ0n) is 15.9. The van der Waals surface area contributed by atoms with E-state index in [4.69, 9.17) is 0 Å². The molecule has 136 valence electrons. The Kier molecular flexibility index (Phi) is 11.3. The minimum atomic E-state index is 0. The quantitative estimate of drug-likeness (QED) is 0.429. The van der Waals surface area contributed by atoms with E-state index in [2.05, 4.69) is 65.8 Å². The van der Waals surface area contributed by atoms with Crippen LogP contribution in [0.25, 0.3) is 0 Å². The monoisotopic (exact) mass is 354 g/mol. The van der Waals surface area contributed by atoms with Crippen molar-refractivity contribution in [3.63, 3.8) is 0 Å². The third-order valence-electron chi connectivity index (χ3n) is 4.73. The molecule has 0 unspecified atom stereocenters. The Balaban J connectivity index is 0.000000427. The second kappa shape index (κ2) is 11.7. The van der Waals surface area contributed by atoms with Crippen LogP contribution < -0.4 is 0 Å². The predicted octanol–water partition coefficient (Wildman–Crippen LogP) is 6.18. The van der Waals surface area contributed by atoms with E-state index in [-0.39, 0.29) is 17.1 Å². The summed E-state index contributed by atoms with van der Waals surface area (Å²) in [7, 11) is 0. The van der Waals surface area contributed by atoms with E-state index in [9.17, 15) is 0 Å². The van der Waals surface area contributed by atoms with Gasteiger partial charge in [-0.3, -0.25) is 0 Å². The van der Waals surface area contributed by atoms with Crippen LogP contribution in [0.1, 0.15) is 74.9 Å². The molecule has 0 aliphatic carbocycles. The van der Waals surface area contributed by atoms with Crippen molar-refractivity contribution in [2.75, 3.05) is 0 Å². The number of rotatable bonds is 6. The molecule has 0 radical (unpaired) electrons. The van der Waals surface area contributed by atoms with E-state index in [1.165, 1.54) is 49.7 Å². The molecule has 0 nitrogen and oxygen atoms in total. The summed E-state index contributed by atoms with van der Waals surface area (Å²) in [4.78, 5) is 0. The van der Waals surface area contributed by atoms with Gasteiger partial charge in [-0.25, -0.2) is 37.8 Å². The second-order valence-corrected chi connectivity index (χ2v) is 5.85. The summed E-state index contributed by atoms with van der Waals surface area (Å²) in [6, 6.07) is 8.97. The summed E-state index contributed by atoms with van der Waals surface area (Å²) in [6.45, 7) is 13.5. The minimum Gasteiger partial charge on any atom is -0.742 e. The van der Waals surface area contributed by atoms with E-state index >= 15 is 0 Å². The largest absolute Gasteiger partial charge is 0.742 e. The van der Waals surface area contributed by atoms with Crippen LogP contribution in [0.2, 0.25) is 0 Å². The maximum absolute atomic E-state index is 2.41. The molecule has 23 heavy (non-hydrogen) atoms. The first-order chi connectivity index (χ1) is 10.7. The van der Waals surface area contributed by atoms with Crippen molar-refractivity contribution >= 4 is 0 Å². The minimum absolute atomic E-state index is 0. The van der Waals surface area contributed by atoms with E-state index in [0.717, 1.165) is 0 Å². The Morgan fingerprint density at radius 1 is 0.783 bits per heavy atom. The fraction of sp³-hybridized carbons (Fsp3) is 0.545. The number of hydrogen-bond acceptors (Lipinski definition) is 0. The Bertz CT molecular complexity index is 497. The van der Waals surface area contributed by atoms with Gasteiger partial charge in [-0.2, -0.15) is 17.2 Å². The summed E-state index contributed by atoms with van der Waals surface area (Å²) in [6.07, 6.45) is 7.14. The van der Waals surface area contributed by atoms with Gasteiger partial charge in [0.15, 0.2) is 0 Å². The zero-order chi connectivity index (χ0) is 16.5. The molecule has 0 bridgehead atoms. The molecule has 0 aromatic heterocycles. The molecule has 2 aromatic carbocycles. The molecule has 0 saturated heterocycles. The van der Waals surface area contributed by atoms with Crippen molar-refractivity contribution in [2.45, 2.75) is 80.1 Å². The fourth-order valence-electron chi connectivity index (χ4n) is 3.47. The van der Waals surface area contributed by atoms with Gasteiger partial charge in [0.2, 0.25) is 0 Å². The van der Waals surface area contributed by atoms with Crippen LogP contribution in [-0.2, 0) is 55.6 Å². The number of aryl methyl sites for hydroxylation is 4. The van der Waals surface area contributed by atoms with Gasteiger partial charge in [0.25, 0.3) is 0 Å². The van der Waals surface area contributed by atoms with Crippen molar-refractivity contribution in [1.82, 2.24) is 0 Å². The molecule has 0 spiro atoms. The van der Waals surface area contributed by atoms with Crippen molar-refractivity contribution in [3.8, 4) is 0 Å². The number of hydrogen-bond donors (Lipinski definition) is 0. The zero-order valence-corrected chi connectivity index (χ0v) is 17.0. The van der Waals surface area contributed by atoms with Gasteiger partial charge < -0.3 is 28.3 Å². The molecule has 2 aromatic rings. The Labute approximate surface area is 154 Å². The second-order valence-electron chi connectivity index (χ2n) is 5.85. The van der Waals surface area contributed by atoms with Gasteiger partial charge in [-0.1, -0.05) is 54.4 Å². The summed E-state index contributed by atoms with van der Waals surface area (Å²) >= 11 is 0. The summed E-state index contributed by atoms with van der Waals surface area (Å²) < 4.78 is 0. The van der Waals surface area contributed by atoms with Crippen LogP contribution >= 0.6 is 0 Å². The molecule has 0 atom stereocenters.